The topological polar surface area (TPSA) is 128 Å². The standard InChI is InChI=1S/C30H37N5O6/c1-2-33-17-18-41-25-12-7-6-11-23(25)29(39)32-24(30(40)31-14-16-34-15-8-13-26(34)36)19-27(37)35(21-28(33)38)20-22-9-4-3-5-10-22/h3-7,9-12,24H,2,8,13-21H2,1H3,(H,31,40)(H,32,39)/t24-/m0/s1. The molecule has 218 valence electrons. The lowest BCUT2D eigenvalue weighted by Gasteiger charge is -2.29. The molecule has 2 aliphatic rings. The third-order valence-electron chi connectivity index (χ3n) is 7.23. The Morgan fingerprint density at radius 1 is 0.927 bits per heavy atom. The minimum absolute atomic E-state index is 0.0414. The van der Waals surface area contributed by atoms with Crippen LogP contribution in [0.2, 0.25) is 0 Å². The van der Waals surface area contributed by atoms with E-state index >= 15 is 0 Å². The fourth-order valence-electron chi connectivity index (χ4n) is 4.93. The molecule has 5 amide bonds. The van der Waals surface area contributed by atoms with Crippen LogP contribution in [0.25, 0.3) is 0 Å². The van der Waals surface area contributed by atoms with E-state index in [0.29, 0.717) is 31.8 Å². The Kier molecular flexibility index (Phi) is 10.3. The summed E-state index contributed by atoms with van der Waals surface area (Å²) < 4.78 is 5.88. The molecule has 0 radical (unpaired) electrons. The minimum Gasteiger partial charge on any atom is -0.491 e. The molecule has 11 heteroatoms. The second-order valence-corrected chi connectivity index (χ2v) is 10.1. The number of ether oxygens (including phenoxy) is 1. The Balaban J connectivity index is 1.58. The Bertz CT molecular complexity index is 1250. The highest BCUT2D eigenvalue weighted by molar-refractivity contribution is 6.01. The van der Waals surface area contributed by atoms with E-state index in [4.69, 9.17) is 4.74 Å². The third-order valence-corrected chi connectivity index (χ3v) is 7.23. The van der Waals surface area contributed by atoms with Crippen molar-refractivity contribution in [3.8, 4) is 5.75 Å². The van der Waals surface area contributed by atoms with Gasteiger partial charge in [-0.05, 0) is 31.0 Å². The summed E-state index contributed by atoms with van der Waals surface area (Å²) in [6.07, 6.45) is 0.927. The average molecular weight is 564 g/mol. The highest BCUT2D eigenvalue weighted by Gasteiger charge is 2.30. The molecule has 2 N–H and O–H groups in total. The molecule has 4 rings (SSSR count). The zero-order valence-electron chi connectivity index (χ0n) is 23.3. The van der Waals surface area contributed by atoms with Crippen LogP contribution in [0.1, 0.15) is 42.1 Å². The van der Waals surface area contributed by atoms with Crippen molar-refractivity contribution in [3.05, 3.63) is 65.7 Å². The maximum atomic E-state index is 13.7. The lowest BCUT2D eigenvalue weighted by atomic mass is 10.1. The summed E-state index contributed by atoms with van der Waals surface area (Å²) in [7, 11) is 0. The smallest absolute Gasteiger partial charge is 0.255 e. The van der Waals surface area contributed by atoms with Crippen LogP contribution in [0, 0.1) is 0 Å². The number of carbonyl (C=O) groups excluding carboxylic acids is 5. The predicted molar refractivity (Wildman–Crippen MR) is 151 cm³/mol. The number of hydrogen-bond acceptors (Lipinski definition) is 6. The van der Waals surface area contributed by atoms with Gasteiger partial charge in [-0.15, -0.1) is 0 Å². The van der Waals surface area contributed by atoms with Gasteiger partial charge in [0.25, 0.3) is 5.91 Å². The molecule has 11 nitrogen and oxygen atoms in total. The number of likely N-dealkylation sites (tertiary alicyclic amines) is 1. The third kappa shape index (κ3) is 8.06. The van der Waals surface area contributed by atoms with Crippen molar-refractivity contribution in [2.75, 3.05) is 45.9 Å². The number of nitrogens with one attached hydrogen (secondary N) is 2. The Hall–Kier alpha value is -4.41. The SMILES string of the molecule is CCN1CCOc2ccccc2C(=O)N[C@H](C(=O)NCCN2CCCC2=O)CC(=O)N(Cc2ccccc2)CC1=O. The lowest BCUT2D eigenvalue weighted by Crippen LogP contribution is -2.51. The number of carbonyl (C=O) groups is 5. The van der Waals surface area contributed by atoms with Crippen LogP contribution in [0.5, 0.6) is 5.75 Å². The van der Waals surface area contributed by atoms with Crippen molar-refractivity contribution in [2.24, 2.45) is 0 Å². The molecule has 2 heterocycles. The molecule has 0 spiro atoms. The zero-order valence-corrected chi connectivity index (χ0v) is 23.3. The van der Waals surface area contributed by atoms with Gasteiger partial charge in [0, 0.05) is 39.1 Å². The van der Waals surface area contributed by atoms with Crippen molar-refractivity contribution < 1.29 is 28.7 Å². The largest absolute Gasteiger partial charge is 0.491 e. The fraction of sp³-hybridized carbons (Fsp3) is 0.433. The Labute approximate surface area is 239 Å². The molecular weight excluding hydrogens is 526 g/mol. The highest BCUT2D eigenvalue weighted by atomic mass is 16.5. The summed E-state index contributed by atoms with van der Waals surface area (Å²) in [6.45, 7) is 3.85. The number of nitrogens with zero attached hydrogens (tertiary/aromatic N) is 3. The monoisotopic (exact) mass is 563 g/mol. The number of benzene rings is 2. The number of likely N-dealkylation sites (N-methyl/N-ethyl adjacent to an activating group) is 1. The molecule has 2 aliphatic heterocycles. The second kappa shape index (κ2) is 14.3. The highest BCUT2D eigenvalue weighted by Crippen LogP contribution is 2.19. The van der Waals surface area contributed by atoms with Crippen molar-refractivity contribution >= 4 is 29.5 Å². The Morgan fingerprint density at radius 3 is 2.41 bits per heavy atom. The number of amides is 5. The van der Waals surface area contributed by atoms with Crippen molar-refractivity contribution in [2.45, 2.75) is 38.8 Å². The number of para-hydroxylation sites is 1. The molecule has 1 atom stereocenters. The van der Waals surface area contributed by atoms with Gasteiger partial charge in [-0.2, -0.15) is 0 Å². The zero-order chi connectivity index (χ0) is 29.2. The van der Waals surface area contributed by atoms with E-state index in [-0.39, 0.29) is 56.6 Å². The summed E-state index contributed by atoms with van der Waals surface area (Å²) in [5, 5.41) is 5.47. The van der Waals surface area contributed by atoms with E-state index in [0.717, 1.165) is 12.0 Å². The molecule has 0 unspecified atom stereocenters. The van der Waals surface area contributed by atoms with Gasteiger partial charge in [-0.25, -0.2) is 0 Å². The maximum absolute atomic E-state index is 13.7. The Morgan fingerprint density at radius 2 is 1.68 bits per heavy atom. The molecule has 0 aliphatic carbocycles. The van der Waals surface area contributed by atoms with Crippen LogP contribution < -0.4 is 15.4 Å². The van der Waals surface area contributed by atoms with E-state index in [1.54, 1.807) is 34.1 Å². The summed E-state index contributed by atoms with van der Waals surface area (Å²) in [4.78, 5) is 70.2. The predicted octanol–water partition coefficient (Wildman–Crippen LogP) is 1.18. The normalized spacial score (nSPS) is 18.9. The van der Waals surface area contributed by atoms with Gasteiger partial charge >= 0.3 is 0 Å². The molecule has 0 saturated carbocycles. The van der Waals surface area contributed by atoms with Gasteiger partial charge in [0.15, 0.2) is 0 Å². The minimum atomic E-state index is -1.21. The molecule has 0 bridgehead atoms. The van der Waals surface area contributed by atoms with E-state index in [1.807, 2.05) is 37.3 Å². The lowest BCUT2D eigenvalue weighted by molar-refractivity contribution is -0.142. The summed E-state index contributed by atoms with van der Waals surface area (Å²) in [5.74, 6) is -1.45. The number of rotatable bonds is 7. The second-order valence-electron chi connectivity index (χ2n) is 10.1. The van der Waals surface area contributed by atoms with Crippen molar-refractivity contribution in [1.29, 1.82) is 0 Å². The summed E-state index contributed by atoms with van der Waals surface area (Å²) in [5.41, 5.74) is 1.04. The van der Waals surface area contributed by atoms with Crippen molar-refractivity contribution in [3.63, 3.8) is 0 Å². The first-order valence-corrected chi connectivity index (χ1v) is 14.0. The molecule has 1 saturated heterocycles. The number of fused-ring (bicyclic) bond motifs is 1. The van der Waals surface area contributed by atoms with Gasteiger partial charge in [-0.3, -0.25) is 24.0 Å². The van der Waals surface area contributed by atoms with E-state index in [9.17, 15) is 24.0 Å². The van der Waals surface area contributed by atoms with Crippen molar-refractivity contribution in [1.82, 2.24) is 25.3 Å². The summed E-state index contributed by atoms with van der Waals surface area (Å²) >= 11 is 0. The quantitative estimate of drug-likeness (QED) is 0.521. The van der Waals surface area contributed by atoms with Crippen LogP contribution >= 0.6 is 0 Å². The molecule has 1 fully saturated rings. The van der Waals surface area contributed by atoms with Crippen LogP contribution in [-0.4, -0.2) is 96.2 Å². The van der Waals surface area contributed by atoms with Gasteiger partial charge < -0.3 is 30.1 Å². The van der Waals surface area contributed by atoms with Gasteiger partial charge in [0.1, 0.15) is 24.9 Å². The molecule has 2 aromatic rings. The van der Waals surface area contributed by atoms with Gasteiger partial charge in [0.05, 0.1) is 18.5 Å². The molecular formula is C30H37N5O6. The van der Waals surface area contributed by atoms with Crippen LogP contribution in [-0.2, 0) is 25.7 Å². The first-order valence-electron chi connectivity index (χ1n) is 14.0. The fourth-order valence-corrected chi connectivity index (χ4v) is 4.93. The van der Waals surface area contributed by atoms with E-state index < -0.39 is 23.8 Å². The molecule has 2 aromatic carbocycles. The maximum Gasteiger partial charge on any atom is 0.255 e. The van der Waals surface area contributed by atoms with Crippen LogP contribution in [0.15, 0.2) is 54.6 Å². The molecule has 0 aromatic heterocycles. The molecule has 41 heavy (non-hydrogen) atoms. The first kappa shape index (κ1) is 29.6. The average Bonchev–Trinajstić information content (AvgIpc) is 3.38. The van der Waals surface area contributed by atoms with E-state index in [2.05, 4.69) is 10.6 Å². The number of hydrogen-bond donors (Lipinski definition) is 2. The van der Waals surface area contributed by atoms with Gasteiger partial charge in [-0.1, -0.05) is 42.5 Å². The van der Waals surface area contributed by atoms with E-state index in [1.165, 1.54) is 4.90 Å². The summed E-state index contributed by atoms with van der Waals surface area (Å²) in [6, 6.07) is 14.7. The van der Waals surface area contributed by atoms with Crippen LogP contribution in [0.4, 0.5) is 0 Å². The first-order chi connectivity index (χ1) is 19.9. The van der Waals surface area contributed by atoms with Crippen LogP contribution in [0.3, 0.4) is 0 Å². The van der Waals surface area contributed by atoms with Gasteiger partial charge in [0.2, 0.25) is 23.6 Å².